The Balaban J connectivity index is 1.48. The molecule has 1 saturated carbocycles. The topological polar surface area (TPSA) is 124 Å². The zero-order valence-electron chi connectivity index (χ0n) is 20.6. The van der Waals surface area contributed by atoms with Crippen LogP contribution in [-0.4, -0.2) is 51.8 Å². The fraction of sp³-hybridized carbons (Fsp3) is 0.423. The lowest BCUT2D eigenvalue weighted by Gasteiger charge is -2.30. The Labute approximate surface area is 213 Å². The molecule has 0 saturated heterocycles. The second kappa shape index (κ2) is 11.6. The fourth-order valence-corrected chi connectivity index (χ4v) is 5.44. The molecule has 1 fully saturated rings. The van der Waals surface area contributed by atoms with Crippen LogP contribution in [0.3, 0.4) is 0 Å². The molecule has 10 heteroatoms. The third-order valence-corrected chi connectivity index (χ3v) is 7.31. The number of anilines is 2. The number of nitrogens with zero attached hydrogens (tertiary/aromatic N) is 3. The third-order valence-electron chi connectivity index (χ3n) is 6.16. The summed E-state index contributed by atoms with van der Waals surface area (Å²) in [5.74, 6) is 0.276. The van der Waals surface area contributed by atoms with Crippen LogP contribution in [0, 0.1) is 12.8 Å². The third kappa shape index (κ3) is 6.24. The molecule has 3 aromatic rings. The molecule has 3 unspecified atom stereocenters. The molecule has 1 aliphatic carbocycles. The van der Waals surface area contributed by atoms with E-state index in [1.807, 2.05) is 19.1 Å². The first-order chi connectivity index (χ1) is 17.4. The van der Waals surface area contributed by atoms with Gasteiger partial charge in [-0.05, 0) is 68.5 Å². The van der Waals surface area contributed by atoms with Gasteiger partial charge in [0.1, 0.15) is 11.6 Å². The van der Waals surface area contributed by atoms with Crippen LogP contribution >= 0.6 is 11.3 Å². The van der Waals surface area contributed by atoms with Gasteiger partial charge in [-0.1, -0.05) is 0 Å². The molecule has 1 aliphatic rings. The highest BCUT2D eigenvalue weighted by molar-refractivity contribution is 7.15. The minimum Gasteiger partial charge on any atom is -0.469 e. The molecule has 0 radical (unpaired) electrons. The predicted molar refractivity (Wildman–Crippen MR) is 136 cm³/mol. The van der Waals surface area contributed by atoms with E-state index in [1.54, 1.807) is 31.5 Å². The number of esters is 2. The van der Waals surface area contributed by atoms with Crippen molar-refractivity contribution in [2.75, 3.05) is 19.0 Å². The number of rotatable bonds is 8. The number of ether oxygens (including phenoxy) is 2. The molecule has 3 heterocycles. The molecule has 3 atom stereocenters. The molecular weight excluding hydrogens is 480 g/mol. The first-order valence-electron chi connectivity index (χ1n) is 11.9. The summed E-state index contributed by atoms with van der Waals surface area (Å²) in [7, 11) is 1.36. The molecule has 2 N–H and O–H groups in total. The summed E-state index contributed by atoms with van der Waals surface area (Å²) >= 11 is 1.51. The van der Waals surface area contributed by atoms with Crippen LogP contribution in [-0.2, 0) is 25.5 Å². The number of carbonyl (C=O) groups excluding carboxylic acids is 2. The lowest BCUT2D eigenvalue weighted by Crippen LogP contribution is -2.32. The Morgan fingerprint density at radius 3 is 2.78 bits per heavy atom. The number of hydrogen-bond donors (Lipinski definition) is 2. The van der Waals surface area contributed by atoms with Crippen molar-refractivity contribution >= 4 is 34.9 Å². The molecule has 0 spiro atoms. The Morgan fingerprint density at radius 1 is 1.19 bits per heavy atom. The van der Waals surface area contributed by atoms with Crippen molar-refractivity contribution in [1.82, 2.24) is 15.0 Å². The highest BCUT2D eigenvalue weighted by Gasteiger charge is 2.35. The largest absolute Gasteiger partial charge is 0.469 e. The number of aliphatic hydroxyl groups excluding tert-OH is 1. The van der Waals surface area contributed by atoms with Gasteiger partial charge in [0.05, 0.1) is 47.7 Å². The van der Waals surface area contributed by atoms with Crippen molar-refractivity contribution in [3.8, 4) is 10.6 Å². The Hall–Kier alpha value is -3.37. The molecule has 0 aromatic carbocycles. The molecule has 190 valence electrons. The minimum absolute atomic E-state index is 0.112. The van der Waals surface area contributed by atoms with Gasteiger partial charge >= 0.3 is 11.9 Å². The lowest BCUT2D eigenvalue weighted by atomic mass is 9.80. The van der Waals surface area contributed by atoms with Gasteiger partial charge in [-0.2, -0.15) is 0 Å². The molecular formula is C26H30N4O5S. The number of aromatic nitrogens is 3. The smallest absolute Gasteiger partial charge is 0.309 e. The second-order valence-electron chi connectivity index (χ2n) is 8.84. The number of hydrogen-bond acceptors (Lipinski definition) is 10. The molecule has 0 amide bonds. The van der Waals surface area contributed by atoms with E-state index in [4.69, 9.17) is 14.5 Å². The van der Waals surface area contributed by atoms with Crippen LogP contribution in [0.5, 0.6) is 0 Å². The van der Waals surface area contributed by atoms with Gasteiger partial charge in [0.15, 0.2) is 0 Å². The zero-order valence-corrected chi connectivity index (χ0v) is 21.4. The van der Waals surface area contributed by atoms with Gasteiger partial charge in [0.2, 0.25) is 0 Å². The predicted octanol–water partition coefficient (Wildman–Crippen LogP) is 4.18. The van der Waals surface area contributed by atoms with E-state index in [9.17, 15) is 14.7 Å². The van der Waals surface area contributed by atoms with Crippen LogP contribution in [0.2, 0.25) is 0 Å². The zero-order chi connectivity index (χ0) is 25.7. The molecule has 36 heavy (non-hydrogen) atoms. The summed E-state index contributed by atoms with van der Waals surface area (Å²) in [4.78, 5) is 38.2. The first-order valence-corrected chi connectivity index (χ1v) is 12.8. The number of methoxy groups -OCH3 is 1. The number of pyridine rings is 2. The van der Waals surface area contributed by atoms with Crippen LogP contribution in [0.15, 0.2) is 36.7 Å². The van der Waals surface area contributed by atoms with Gasteiger partial charge in [0.25, 0.3) is 0 Å². The maximum absolute atomic E-state index is 12.1. The van der Waals surface area contributed by atoms with E-state index in [-0.39, 0.29) is 30.2 Å². The SMILES string of the molecule is CCOC(=O)C1CCC(c2ncc(-c3cc(C)cc(Nc4cc(CC(=O)OC)ccn4)n3)s2)C(O)C1. The highest BCUT2D eigenvalue weighted by atomic mass is 32.1. The summed E-state index contributed by atoms with van der Waals surface area (Å²) in [5.41, 5.74) is 2.57. The standard InChI is InChI=1S/C26H30N4O5S/c1-4-35-26(33)17-5-6-18(20(31)13-17)25-28-14-21(36-25)19-9-15(2)10-23(29-19)30-22-11-16(7-8-27-22)12-24(32)34-3/h7-11,14,17-18,20,31H,4-6,12-13H2,1-3H3,(H,27,29,30). The normalized spacial score (nSPS) is 19.5. The van der Waals surface area contributed by atoms with Crippen molar-refractivity contribution in [3.05, 3.63) is 52.8 Å². The van der Waals surface area contributed by atoms with Gasteiger partial charge in [-0.15, -0.1) is 11.3 Å². The monoisotopic (exact) mass is 510 g/mol. The summed E-state index contributed by atoms with van der Waals surface area (Å²) in [6, 6.07) is 7.46. The second-order valence-corrected chi connectivity index (χ2v) is 9.90. The van der Waals surface area contributed by atoms with Gasteiger partial charge in [0, 0.05) is 18.3 Å². The van der Waals surface area contributed by atoms with Gasteiger partial charge in [-0.3, -0.25) is 9.59 Å². The molecule has 4 rings (SSSR count). The van der Waals surface area contributed by atoms with Gasteiger partial charge in [-0.25, -0.2) is 15.0 Å². The number of aliphatic hydroxyl groups is 1. The number of carbonyl (C=O) groups is 2. The minimum atomic E-state index is -0.641. The van der Waals surface area contributed by atoms with Crippen LogP contribution in [0.25, 0.3) is 10.6 Å². The number of aryl methyl sites for hydroxylation is 1. The average molecular weight is 511 g/mol. The quantitative estimate of drug-likeness (QED) is 0.430. The van der Waals surface area contributed by atoms with Crippen molar-refractivity contribution in [2.24, 2.45) is 5.92 Å². The fourth-order valence-electron chi connectivity index (χ4n) is 4.37. The summed E-state index contributed by atoms with van der Waals surface area (Å²) in [6.07, 6.45) is 4.68. The summed E-state index contributed by atoms with van der Waals surface area (Å²) in [6.45, 7) is 4.12. The average Bonchev–Trinajstić information content (AvgIpc) is 3.34. The Bertz CT molecular complexity index is 1230. The molecule has 3 aromatic heterocycles. The van der Waals surface area contributed by atoms with E-state index < -0.39 is 6.10 Å². The van der Waals surface area contributed by atoms with Crippen LogP contribution < -0.4 is 5.32 Å². The first kappa shape index (κ1) is 25.7. The Morgan fingerprint density at radius 2 is 2.03 bits per heavy atom. The van der Waals surface area contributed by atoms with Crippen molar-refractivity contribution in [3.63, 3.8) is 0 Å². The van der Waals surface area contributed by atoms with Crippen molar-refractivity contribution < 1.29 is 24.2 Å². The van der Waals surface area contributed by atoms with E-state index in [1.165, 1.54) is 18.4 Å². The number of nitrogens with one attached hydrogen (secondary N) is 1. The van der Waals surface area contributed by atoms with E-state index in [0.717, 1.165) is 26.7 Å². The van der Waals surface area contributed by atoms with Gasteiger partial charge < -0.3 is 19.9 Å². The molecule has 0 bridgehead atoms. The lowest BCUT2D eigenvalue weighted by molar-refractivity contribution is -0.150. The van der Waals surface area contributed by atoms with Crippen LogP contribution in [0.4, 0.5) is 11.6 Å². The number of thiazole rings is 1. The highest BCUT2D eigenvalue weighted by Crippen LogP contribution is 2.40. The summed E-state index contributed by atoms with van der Waals surface area (Å²) < 4.78 is 9.86. The summed E-state index contributed by atoms with van der Waals surface area (Å²) in [5, 5.41) is 14.8. The van der Waals surface area contributed by atoms with Crippen LogP contribution in [0.1, 0.15) is 48.2 Å². The van der Waals surface area contributed by atoms with E-state index >= 15 is 0 Å². The maximum Gasteiger partial charge on any atom is 0.309 e. The van der Waals surface area contributed by atoms with Crippen molar-refractivity contribution in [2.45, 2.75) is 51.6 Å². The Kier molecular flexibility index (Phi) is 8.27. The molecule has 0 aliphatic heterocycles. The van der Waals surface area contributed by atoms with E-state index in [0.29, 0.717) is 37.5 Å². The maximum atomic E-state index is 12.1. The van der Waals surface area contributed by atoms with Crippen molar-refractivity contribution in [1.29, 1.82) is 0 Å². The molecule has 9 nitrogen and oxygen atoms in total. The van der Waals surface area contributed by atoms with E-state index in [2.05, 4.69) is 15.3 Å².